The molecule has 0 aromatic carbocycles. The van der Waals surface area contributed by atoms with E-state index in [2.05, 4.69) is 5.32 Å². The van der Waals surface area contributed by atoms with Gasteiger partial charge in [-0.1, -0.05) is 26.8 Å². The lowest BCUT2D eigenvalue weighted by molar-refractivity contribution is -0.140. The number of hydrogen-bond donors (Lipinski definition) is 3. The van der Waals surface area contributed by atoms with Gasteiger partial charge in [-0.3, -0.25) is 14.5 Å². The first-order valence-electron chi connectivity index (χ1n) is 9.18. The lowest BCUT2D eigenvalue weighted by atomic mass is 9.85. The maximum absolute atomic E-state index is 12.9. The van der Waals surface area contributed by atoms with Crippen LogP contribution in [0.2, 0.25) is 0 Å². The highest BCUT2D eigenvalue weighted by Crippen LogP contribution is 2.23. The molecule has 2 amide bonds. The van der Waals surface area contributed by atoms with E-state index in [1.165, 1.54) is 17.9 Å². The Hall–Kier alpha value is -1.93. The van der Waals surface area contributed by atoms with Crippen molar-refractivity contribution in [2.75, 3.05) is 27.2 Å². The van der Waals surface area contributed by atoms with Gasteiger partial charge in [0.25, 0.3) is 0 Å². The van der Waals surface area contributed by atoms with Crippen molar-refractivity contribution in [1.82, 2.24) is 15.1 Å². The van der Waals surface area contributed by atoms with Crippen LogP contribution in [0, 0.1) is 5.41 Å². The van der Waals surface area contributed by atoms with Gasteiger partial charge in [0, 0.05) is 25.7 Å². The van der Waals surface area contributed by atoms with E-state index < -0.39 is 29.6 Å². The van der Waals surface area contributed by atoms with E-state index in [1.54, 1.807) is 7.05 Å². The average molecular weight is 383 g/mol. The van der Waals surface area contributed by atoms with Crippen molar-refractivity contribution in [3.63, 3.8) is 0 Å². The van der Waals surface area contributed by atoms with Gasteiger partial charge >= 0.3 is 5.97 Å². The normalized spacial score (nSPS) is 22.9. The van der Waals surface area contributed by atoms with Gasteiger partial charge in [-0.2, -0.15) is 0 Å². The van der Waals surface area contributed by atoms with E-state index in [1.807, 2.05) is 32.7 Å². The van der Waals surface area contributed by atoms with Gasteiger partial charge in [-0.05, 0) is 32.2 Å². The molecular formula is C19H33N3O5. The first-order chi connectivity index (χ1) is 12.3. The third kappa shape index (κ3) is 6.62. The predicted molar refractivity (Wildman–Crippen MR) is 102 cm³/mol. The summed E-state index contributed by atoms with van der Waals surface area (Å²) < 4.78 is 0. The third-order valence-electron chi connectivity index (χ3n) is 4.93. The molecule has 1 aliphatic rings. The number of carbonyl (C=O) groups is 3. The topological polar surface area (TPSA) is 110 Å². The standard InChI is InChI=1S/C19H33N3O5/c1-12(18(26)27)7-9-22(6)17(25)15(19(2,3)4)20-16(24)14-11-13(23)8-10-21(14)5/h7,13-15,23H,8-11H2,1-6H3,(H,20,24)(H,26,27)/b12-7+. The van der Waals surface area contributed by atoms with Gasteiger partial charge in [-0.15, -0.1) is 0 Å². The summed E-state index contributed by atoms with van der Waals surface area (Å²) in [6.07, 6.45) is 1.91. The number of piperidine rings is 1. The Morgan fingerprint density at radius 2 is 1.93 bits per heavy atom. The molecular weight excluding hydrogens is 350 g/mol. The zero-order chi connectivity index (χ0) is 20.9. The van der Waals surface area contributed by atoms with Gasteiger partial charge in [0.2, 0.25) is 11.8 Å². The van der Waals surface area contributed by atoms with Crippen molar-refractivity contribution in [1.29, 1.82) is 0 Å². The zero-order valence-electron chi connectivity index (χ0n) is 17.2. The maximum atomic E-state index is 12.9. The Morgan fingerprint density at radius 1 is 1.33 bits per heavy atom. The number of likely N-dealkylation sites (N-methyl/N-ethyl adjacent to an activating group) is 2. The highest BCUT2D eigenvalue weighted by atomic mass is 16.4. The molecule has 1 fully saturated rings. The Bertz CT molecular complexity index is 597. The van der Waals surface area contributed by atoms with Crippen molar-refractivity contribution in [3.05, 3.63) is 11.6 Å². The molecule has 0 saturated carbocycles. The second-order valence-electron chi connectivity index (χ2n) is 8.39. The summed E-state index contributed by atoms with van der Waals surface area (Å²) in [5, 5.41) is 21.6. The summed E-state index contributed by atoms with van der Waals surface area (Å²) in [6, 6.07) is -1.24. The molecule has 0 bridgehead atoms. The molecule has 8 heteroatoms. The van der Waals surface area contributed by atoms with Crippen LogP contribution in [0.25, 0.3) is 0 Å². The van der Waals surface area contributed by atoms with Gasteiger partial charge in [0.15, 0.2) is 0 Å². The Kier molecular flexibility index (Phi) is 7.98. The fourth-order valence-electron chi connectivity index (χ4n) is 2.93. The van der Waals surface area contributed by atoms with Gasteiger partial charge in [0.05, 0.1) is 12.1 Å². The molecule has 0 aliphatic carbocycles. The molecule has 3 unspecified atom stereocenters. The van der Waals surface area contributed by atoms with E-state index in [4.69, 9.17) is 5.11 Å². The number of aliphatic carboxylic acids is 1. The molecule has 0 spiro atoms. The number of aliphatic hydroxyl groups excluding tert-OH is 1. The van der Waals surface area contributed by atoms with Crippen LogP contribution in [-0.2, 0) is 14.4 Å². The molecule has 1 saturated heterocycles. The summed E-state index contributed by atoms with van der Waals surface area (Å²) in [5.41, 5.74) is -0.373. The number of carboxylic acid groups (broad SMARTS) is 1. The minimum absolute atomic E-state index is 0.140. The second kappa shape index (κ2) is 9.32. The highest BCUT2D eigenvalue weighted by Gasteiger charge is 2.38. The molecule has 1 heterocycles. The van der Waals surface area contributed by atoms with E-state index in [-0.39, 0.29) is 23.9 Å². The second-order valence-corrected chi connectivity index (χ2v) is 8.39. The van der Waals surface area contributed by atoms with Crippen LogP contribution in [0.3, 0.4) is 0 Å². The molecule has 8 nitrogen and oxygen atoms in total. The third-order valence-corrected chi connectivity index (χ3v) is 4.93. The van der Waals surface area contributed by atoms with Crippen LogP contribution < -0.4 is 5.32 Å². The van der Waals surface area contributed by atoms with Crippen molar-refractivity contribution in [2.24, 2.45) is 5.41 Å². The molecule has 3 atom stereocenters. The summed E-state index contributed by atoms with van der Waals surface area (Å²) >= 11 is 0. The number of amides is 2. The molecule has 3 N–H and O–H groups in total. The van der Waals surface area contributed by atoms with Gasteiger partial charge in [0.1, 0.15) is 6.04 Å². The van der Waals surface area contributed by atoms with Crippen LogP contribution >= 0.6 is 0 Å². The van der Waals surface area contributed by atoms with Crippen LogP contribution in [0.1, 0.15) is 40.5 Å². The largest absolute Gasteiger partial charge is 0.478 e. The first-order valence-corrected chi connectivity index (χ1v) is 9.18. The van der Waals surface area contributed by atoms with E-state index in [0.717, 1.165) is 0 Å². The van der Waals surface area contributed by atoms with Crippen LogP contribution in [0.5, 0.6) is 0 Å². The van der Waals surface area contributed by atoms with Gasteiger partial charge in [-0.25, -0.2) is 4.79 Å². The van der Waals surface area contributed by atoms with Gasteiger partial charge < -0.3 is 20.4 Å². The highest BCUT2D eigenvalue weighted by molar-refractivity contribution is 5.90. The number of carbonyl (C=O) groups excluding carboxylic acids is 2. The predicted octanol–water partition coefficient (Wildman–Crippen LogP) is 0.462. The smallest absolute Gasteiger partial charge is 0.331 e. The summed E-state index contributed by atoms with van der Waals surface area (Å²) in [5.74, 6) is -1.60. The molecule has 1 aliphatic heterocycles. The van der Waals surface area contributed by atoms with E-state index in [0.29, 0.717) is 19.4 Å². The fraction of sp³-hybridized carbons (Fsp3) is 0.737. The maximum Gasteiger partial charge on any atom is 0.331 e. The average Bonchev–Trinajstić information content (AvgIpc) is 2.57. The monoisotopic (exact) mass is 383 g/mol. The lowest BCUT2D eigenvalue weighted by Gasteiger charge is -2.38. The fourth-order valence-corrected chi connectivity index (χ4v) is 2.93. The quantitative estimate of drug-likeness (QED) is 0.575. The molecule has 0 aromatic heterocycles. The number of nitrogens with one attached hydrogen (secondary N) is 1. The minimum Gasteiger partial charge on any atom is -0.478 e. The zero-order valence-corrected chi connectivity index (χ0v) is 17.2. The first kappa shape index (κ1) is 23.1. The SMILES string of the molecule is C/C(=C\CN(C)C(=O)C(NC(=O)C1CC(O)CCN1C)C(C)(C)C)C(=O)O. The van der Waals surface area contributed by atoms with Crippen molar-refractivity contribution in [3.8, 4) is 0 Å². The van der Waals surface area contributed by atoms with Crippen LogP contribution in [0.4, 0.5) is 0 Å². The molecule has 0 radical (unpaired) electrons. The Morgan fingerprint density at radius 3 is 2.44 bits per heavy atom. The summed E-state index contributed by atoms with van der Waals surface area (Å²) in [6.45, 7) is 7.81. The molecule has 1 rings (SSSR count). The number of carboxylic acids is 1. The molecule has 0 aromatic rings. The molecule has 154 valence electrons. The van der Waals surface area contributed by atoms with Crippen LogP contribution in [-0.4, -0.2) is 83.2 Å². The number of likely N-dealkylation sites (tertiary alicyclic amines) is 1. The van der Waals surface area contributed by atoms with Crippen molar-refractivity contribution >= 4 is 17.8 Å². The number of hydrogen-bond acceptors (Lipinski definition) is 5. The molecule has 27 heavy (non-hydrogen) atoms. The number of nitrogens with zero attached hydrogens (tertiary/aromatic N) is 2. The van der Waals surface area contributed by atoms with Crippen LogP contribution in [0.15, 0.2) is 11.6 Å². The summed E-state index contributed by atoms with van der Waals surface area (Å²) in [4.78, 5) is 39.9. The number of rotatable bonds is 6. The lowest BCUT2D eigenvalue weighted by Crippen LogP contribution is -2.59. The van der Waals surface area contributed by atoms with Crippen molar-refractivity contribution in [2.45, 2.75) is 58.7 Å². The Labute approximate surface area is 161 Å². The Balaban J connectivity index is 2.89. The van der Waals surface area contributed by atoms with Crippen molar-refractivity contribution < 1.29 is 24.6 Å². The van der Waals surface area contributed by atoms with E-state index >= 15 is 0 Å². The van der Waals surface area contributed by atoms with E-state index in [9.17, 15) is 19.5 Å². The number of aliphatic hydroxyl groups is 1. The summed E-state index contributed by atoms with van der Waals surface area (Å²) in [7, 11) is 3.41. The minimum atomic E-state index is -1.03.